The second kappa shape index (κ2) is 5.39. The summed E-state index contributed by atoms with van der Waals surface area (Å²) in [6.07, 6.45) is 0. The maximum absolute atomic E-state index is 3.33. The van der Waals surface area contributed by atoms with Gasteiger partial charge in [-0.05, 0) is 29.1 Å². The Hall–Kier alpha value is -1.72. The maximum Gasteiger partial charge on any atom is 0.0543 e. The van der Waals surface area contributed by atoms with E-state index in [0.717, 1.165) is 16.9 Å². The van der Waals surface area contributed by atoms with Gasteiger partial charge in [0.25, 0.3) is 0 Å². The van der Waals surface area contributed by atoms with Crippen molar-refractivity contribution < 1.29 is 0 Å². The van der Waals surface area contributed by atoms with E-state index in [4.69, 9.17) is 0 Å². The third-order valence-electron chi connectivity index (χ3n) is 2.16. The lowest BCUT2D eigenvalue weighted by Crippen LogP contribution is -1.92. The van der Waals surface area contributed by atoms with Gasteiger partial charge in [0.15, 0.2) is 0 Å². The summed E-state index contributed by atoms with van der Waals surface area (Å²) in [6, 6.07) is 18.0. The van der Waals surface area contributed by atoms with E-state index in [1.54, 1.807) is 0 Å². The van der Waals surface area contributed by atoms with Crippen LogP contribution in [-0.2, 0) is 0 Å². The molecule has 0 heterocycles. The van der Waals surface area contributed by atoms with Gasteiger partial charge in [0, 0.05) is 27.2 Å². The van der Waals surface area contributed by atoms with Crippen LogP contribution < -0.4 is 5.32 Å². The molecule has 0 aromatic heterocycles. The predicted molar refractivity (Wildman–Crippen MR) is 72.0 cm³/mol. The molecule has 0 atom stereocenters. The molecule has 16 heavy (non-hydrogen) atoms. The normalized spacial score (nSPS) is 9.06. The minimum Gasteiger partial charge on any atom is -0.355 e. The molecule has 2 aromatic rings. The Labute approximate surface area is 104 Å². The van der Waals surface area contributed by atoms with E-state index >= 15 is 0 Å². The number of anilines is 2. The van der Waals surface area contributed by atoms with Crippen molar-refractivity contribution in [3.8, 4) is 10.8 Å². The summed E-state index contributed by atoms with van der Waals surface area (Å²) in [4.78, 5) is 2.73. The Morgan fingerprint density at radius 2 is 1.56 bits per heavy atom. The molecule has 0 aliphatic carbocycles. The molecule has 1 N–H and O–H groups in total. The molecule has 0 spiro atoms. The summed E-state index contributed by atoms with van der Waals surface area (Å²) in [5.41, 5.74) is 3.05. The third kappa shape index (κ3) is 2.65. The number of rotatable bonds is 2. The smallest absolute Gasteiger partial charge is 0.0543 e. The number of benzene rings is 2. The molecule has 1 nitrogen and oxygen atoms in total. The molecule has 0 radical (unpaired) electrons. The number of nitrogens with one attached hydrogen (secondary N) is 1. The second-order valence-corrected chi connectivity index (χ2v) is 3.65. The summed E-state index contributed by atoms with van der Waals surface area (Å²) < 4.78 is 0. The minimum absolute atomic E-state index is 0.975. The SMILES string of the molecule is BrC#Cc1ccccc1Nc1ccccc1. The van der Waals surface area contributed by atoms with Crippen LogP contribution in [0.25, 0.3) is 0 Å². The molecule has 0 saturated carbocycles. The Kier molecular flexibility index (Phi) is 3.63. The largest absolute Gasteiger partial charge is 0.355 e. The molecule has 0 bridgehead atoms. The quantitative estimate of drug-likeness (QED) is 0.810. The van der Waals surface area contributed by atoms with Crippen molar-refractivity contribution in [1.82, 2.24) is 0 Å². The minimum atomic E-state index is 0.975. The fourth-order valence-corrected chi connectivity index (χ4v) is 1.64. The first-order valence-electron chi connectivity index (χ1n) is 4.93. The first-order valence-corrected chi connectivity index (χ1v) is 5.72. The Bertz CT molecular complexity index is 523. The maximum atomic E-state index is 3.33. The average Bonchev–Trinajstić information content (AvgIpc) is 2.33. The van der Waals surface area contributed by atoms with Crippen LogP contribution in [0.4, 0.5) is 11.4 Å². The van der Waals surface area contributed by atoms with Crippen LogP contribution in [0, 0.1) is 10.8 Å². The zero-order valence-electron chi connectivity index (χ0n) is 8.57. The molecule has 0 aliphatic heterocycles. The highest BCUT2D eigenvalue weighted by Crippen LogP contribution is 2.19. The lowest BCUT2D eigenvalue weighted by atomic mass is 10.2. The van der Waals surface area contributed by atoms with Crippen LogP contribution in [0.1, 0.15) is 5.56 Å². The van der Waals surface area contributed by atoms with E-state index in [1.807, 2.05) is 54.6 Å². The summed E-state index contributed by atoms with van der Waals surface area (Å²) in [5.74, 6) is 3.00. The highest BCUT2D eigenvalue weighted by molar-refractivity contribution is 9.12. The van der Waals surface area contributed by atoms with E-state index in [0.29, 0.717) is 0 Å². The van der Waals surface area contributed by atoms with E-state index < -0.39 is 0 Å². The molecule has 2 rings (SSSR count). The van der Waals surface area contributed by atoms with E-state index in [-0.39, 0.29) is 0 Å². The Balaban J connectivity index is 2.30. The standard InChI is InChI=1S/C14H10BrN/c15-11-10-12-6-4-5-9-14(12)16-13-7-2-1-3-8-13/h1-9,16H. The van der Waals surface area contributed by atoms with E-state index in [1.165, 1.54) is 0 Å². The van der Waals surface area contributed by atoms with Crippen molar-refractivity contribution in [3.05, 3.63) is 60.2 Å². The number of halogens is 1. The first kappa shape index (κ1) is 10.8. The first-order chi connectivity index (χ1) is 7.90. The van der Waals surface area contributed by atoms with Crippen molar-refractivity contribution >= 4 is 27.3 Å². The summed E-state index contributed by atoms with van der Waals surface area (Å²) in [5, 5.41) is 3.33. The third-order valence-corrected chi connectivity index (χ3v) is 2.36. The highest BCUT2D eigenvalue weighted by Gasteiger charge is 1.98. The molecule has 2 aromatic carbocycles. The number of para-hydroxylation sites is 2. The van der Waals surface area contributed by atoms with Gasteiger partial charge in [0.05, 0.1) is 5.69 Å². The van der Waals surface area contributed by atoms with Crippen molar-refractivity contribution in [2.45, 2.75) is 0 Å². The molecule has 0 aliphatic rings. The van der Waals surface area contributed by atoms with Crippen molar-refractivity contribution in [2.75, 3.05) is 5.32 Å². The van der Waals surface area contributed by atoms with Crippen molar-refractivity contribution in [1.29, 1.82) is 0 Å². The molecule has 78 valence electrons. The van der Waals surface area contributed by atoms with Gasteiger partial charge in [0.2, 0.25) is 0 Å². The molecule has 0 amide bonds. The van der Waals surface area contributed by atoms with Gasteiger partial charge >= 0.3 is 0 Å². The Morgan fingerprint density at radius 3 is 2.31 bits per heavy atom. The molecule has 0 fully saturated rings. The monoisotopic (exact) mass is 271 g/mol. The van der Waals surface area contributed by atoms with Gasteiger partial charge in [-0.3, -0.25) is 0 Å². The molecule has 0 saturated heterocycles. The predicted octanol–water partition coefficient (Wildman–Crippen LogP) is 4.13. The fourth-order valence-electron chi connectivity index (χ4n) is 1.43. The van der Waals surface area contributed by atoms with Gasteiger partial charge in [-0.2, -0.15) is 0 Å². The van der Waals surface area contributed by atoms with E-state index in [9.17, 15) is 0 Å². The van der Waals surface area contributed by atoms with E-state index in [2.05, 4.69) is 32.0 Å². The lowest BCUT2D eigenvalue weighted by Gasteiger charge is -2.07. The number of hydrogen-bond acceptors (Lipinski definition) is 1. The number of hydrogen-bond donors (Lipinski definition) is 1. The molecule has 0 unspecified atom stereocenters. The van der Waals surface area contributed by atoms with Crippen LogP contribution in [0.3, 0.4) is 0 Å². The van der Waals surface area contributed by atoms with Crippen LogP contribution in [0.2, 0.25) is 0 Å². The molecular formula is C14H10BrN. The van der Waals surface area contributed by atoms with Crippen molar-refractivity contribution in [3.63, 3.8) is 0 Å². The molecular weight excluding hydrogens is 262 g/mol. The zero-order chi connectivity index (χ0) is 11.2. The summed E-state index contributed by atoms with van der Waals surface area (Å²) in [7, 11) is 0. The van der Waals surface area contributed by atoms with Gasteiger partial charge in [0.1, 0.15) is 0 Å². The molecule has 2 heteroatoms. The topological polar surface area (TPSA) is 12.0 Å². The second-order valence-electron chi connectivity index (χ2n) is 3.26. The summed E-state index contributed by atoms with van der Waals surface area (Å²) >= 11 is 3.12. The van der Waals surface area contributed by atoms with Gasteiger partial charge in [-0.25, -0.2) is 0 Å². The van der Waals surface area contributed by atoms with Crippen molar-refractivity contribution in [2.24, 2.45) is 0 Å². The van der Waals surface area contributed by atoms with Gasteiger partial charge in [-0.15, -0.1) is 0 Å². The summed E-state index contributed by atoms with van der Waals surface area (Å²) in [6.45, 7) is 0. The average molecular weight is 272 g/mol. The van der Waals surface area contributed by atoms with Crippen LogP contribution in [-0.4, -0.2) is 0 Å². The Morgan fingerprint density at radius 1 is 0.875 bits per heavy atom. The van der Waals surface area contributed by atoms with Crippen LogP contribution >= 0.6 is 15.9 Å². The van der Waals surface area contributed by atoms with Gasteiger partial charge in [-0.1, -0.05) is 36.3 Å². The zero-order valence-corrected chi connectivity index (χ0v) is 10.2. The fraction of sp³-hybridized carbons (Fsp3) is 0. The lowest BCUT2D eigenvalue weighted by molar-refractivity contribution is 1.53. The highest BCUT2D eigenvalue weighted by atomic mass is 79.9. The van der Waals surface area contributed by atoms with Crippen LogP contribution in [0.5, 0.6) is 0 Å². The van der Waals surface area contributed by atoms with Gasteiger partial charge < -0.3 is 5.32 Å². The van der Waals surface area contributed by atoms with Crippen LogP contribution in [0.15, 0.2) is 54.6 Å².